The van der Waals surface area contributed by atoms with Gasteiger partial charge in [0.2, 0.25) is 5.91 Å². The van der Waals surface area contributed by atoms with E-state index in [0.717, 1.165) is 18.5 Å². The van der Waals surface area contributed by atoms with Gasteiger partial charge in [-0.05, 0) is 49.2 Å². The first-order valence-electron chi connectivity index (χ1n) is 10.6. The van der Waals surface area contributed by atoms with Gasteiger partial charge in [0, 0.05) is 37.8 Å². The highest BCUT2D eigenvalue weighted by molar-refractivity contribution is 6.00. The van der Waals surface area contributed by atoms with Crippen LogP contribution in [0.15, 0.2) is 54.7 Å². The number of benzene rings is 2. The van der Waals surface area contributed by atoms with Gasteiger partial charge in [-0.25, -0.2) is 9.07 Å². The molecule has 0 spiro atoms. The predicted octanol–water partition coefficient (Wildman–Crippen LogP) is 3.43. The van der Waals surface area contributed by atoms with Crippen molar-refractivity contribution in [1.82, 2.24) is 20.0 Å². The second-order valence-electron chi connectivity index (χ2n) is 7.64. The minimum absolute atomic E-state index is 0.178. The highest BCUT2D eigenvalue weighted by atomic mass is 19.1. The summed E-state index contributed by atoms with van der Waals surface area (Å²) in [5, 5.41) is 7.53. The number of likely N-dealkylation sites (tertiary alicyclic amines) is 1. The van der Waals surface area contributed by atoms with Crippen LogP contribution in [-0.4, -0.2) is 53.2 Å². The minimum atomic E-state index is -0.344. The Bertz CT molecular complexity index is 1110. The number of hydrogen-bond donors (Lipinski definition) is 1. The van der Waals surface area contributed by atoms with Gasteiger partial charge in [0.05, 0.1) is 18.4 Å². The molecule has 8 heteroatoms. The fourth-order valence-corrected chi connectivity index (χ4v) is 3.76. The van der Waals surface area contributed by atoms with E-state index in [1.807, 2.05) is 29.2 Å². The van der Waals surface area contributed by atoms with Crippen molar-refractivity contribution in [2.45, 2.75) is 19.3 Å². The lowest BCUT2D eigenvalue weighted by Gasteiger charge is -2.15. The van der Waals surface area contributed by atoms with E-state index in [-0.39, 0.29) is 17.6 Å². The number of halogens is 1. The van der Waals surface area contributed by atoms with Crippen molar-refractivity contribution >= 4 is 11.8 Å². The monoisotopic (exact) mass is 436 g/mol. The Morgan fingerprint density at radius 3 is 2.75 bits per heavy atom. The van der Waals surface area contributed by atoms with Gasteiger partial charge in [-0.2, -0.15) is 5.10 Å². The summed E-state index contributed by atoms with van der Waals surface area (Å²) in [6.07, 6.45) is 3.83. The van der Waals surface area contributed by atoms with Crippen molar-refractivity contribution in [1.29, 1.82) is 0 Å². The molecule has 1 aliphatic heterocycles. The minimum Gasteiger partial charge on any atom is -0.497 e. The van der Waals surface area contributed by atoms with Gasteiger partial charge in [-0.1, -0.05) is 12.1 Å². The molecule has 0 atom stereocenters. The number of nitrogens with one attached hydrogen (secondary N) is 1. The Morgan fingerprint density at radius 1 is 1.22 bits per heavy atom. The third kappa shape index (κ3) is 4.80. The topological polar surface area (TPSA) is 76.5 Å². The normalized spacial score (nSPS) is 13.4. The molecule has 0 radical (unpaired) electrons. The molecule has 7 nitrogen and oxygen atoms in total. The lowest BCUT2D eigenvalue weighted by molar-refractivity contribution is -0.127. The smallest absolute Gasteiger partial charge is 0.255 e. The molecule has 1 aromatic heterocycles. The summed E-state index contributed by atoms with van der Waals surface area (Å²) in [4.78, 5) is 26.6. The van der Waals surface area contributed by atoms with E-state index in [2.05, 4.69) is 10.4 Å². The van der Waals surface area contributed by atoms with Crippen LogP contribution in [0.25, 0.3) is 16.9 Å². The molecule has 2 amide bonds. The van der Waals surface area contributed by atoms with Gasteiger partial charge in [-0.15, -0.1) is 0 Å². The number of methoxy groups -OCH3 is 1. The summed E-state index contributed by atoms with van der Waals surface area (Å²) in [6, 6.07) is 13.2. The lowest BCUT2D eigenvalue weighted by atomic mass is 10.1. The second kappa shape index (κ2) is 9.64. The van der Waals surface area contributed by atoms with E-state index in [4.69, 9.17) is 4.74 Å². The number of ether oxygens (including phenoxy) is 1. The standard InChI is InChI=1S/C24H25FN4O3/c1-32-20-6-2-5-17(15-20)23-21(16-29(27-23)19-10-8-18(25)9-11-19)24(31)26-12-4-14-28-13-3-7-22(28)30/h2,5-6,8-11,15-16H,3-4,7,12-14H2,1H3,(H,26,31). The molecule has 3 aromatic rings. The van der Waals surface area contributed by atoms with E-state index in [0.29, 0.717) is 48.6 Å². The van der Waals surface area contributed by atoms with E-state index < -0.39 is 0 Å². The first-order valence-corrected chi connectivity index (χ1v) is 10.6. The fourth-order valence-electron chi connectivity index (χ4n) is 3.76. The molecule has 1 saturated heterocycles. The zero-order valence-electron chi connectivity index (χ0n) is 17.9. The molecule has 1 fully saturated rings. The zero-order chi connectivity index (χ0) is 22.5. The molecular formula is C24H25FN4O3. The number of carbonyl (C=O) groups is 2. The largest absolute Gasteiger partial charge is 0.497 e. The summed E-state index contributed by atoms with van der Waals surface area (Å²) in [7, 11) is 1.58. The molecule has 1 aliphatic rings. The maximum atomic E-state index is 13.3. The zero-order valence-corrected chi connectivity index (χ0v) is 17.9. The molecule has 166 valence electrons. The maximum Gasteiger partial charge on any atom is 0.255 e. The van der Waals surface area contributed by atoms with Crippen molar-refractivity contribution in [2.75, 3.05) is 26.7 Å². The van der Waals surface area contributed by atoms with E-state index in [1.165, 1.54) is 12.1 Å². The molecule has 0 saturated carbocycles. The lowest BCUT2D eigenvalue weighted by Crippen LogP contribution is -2.30. The second-order valence-corrected chi connectivity index (χ2v) is 7.64. The van der Waals surface area contributed by atoms with Crippen LogP contribution >= 0.6 is 0 Å². The SMILES string of the molecule is COc1cccc(-c2nn(-c3ccc(F)cc3)cc2C(=O)NCCCN2CCCC2=O)c1. The Morgan fingerprint density at radius 2 is 2.03 bits per heavy atom. The van der Waals surface area contributed by atoms with Crippen LogP contribution in [0.2, 0.25) is 0 Å². The number of nitrogens with zero attached hydrogens (tertiary/aromatic N) is 3. The van der Waals surface area contributed by atoms with Gasteiger partial charge >= 0.3 is 0 Å². The van der Waals surface area contributed by atoms with Gasteiger partial charge in [-0.3, -0.25) is 9.59 Å². The molecule has 2 heterocycles. The van der Waals surface area contributed by atoms with Gasteiger partial charge < -0.3 is 15.0 Å². The van der Waals surface area contributed by atoms with Gasteiger partial charge in [0.1, 0.15) is 17.3 Å². The number of aromatic nitrogens is 2. The quantitative estimate of drug-likeness (QED) is 0.549. The Balaban J connectivity index is 1.55. The predicted molar refractivity (Wildman–Crippen MR) is 118 cm³/mol. The van der Waals surface area contributed by atoms with Crippen LogP contribution in [0.5, 0.6) is 5.75 Å². The summed E-state index contributed by atoms with van der Waals surface area (Å²) in [5.74, 6) is 0.227. The van der Waals surface area contributed by atoms with Crippen LogP contribution < -0.4 is 10.1 Å². The summed E-state index contributed by atoms with van der Waals surface area (Å²) in [5.41, 5.74) is 2.28. The van der Waals surface area contributed by atoms with Crippen molar-refractivity contribution < 1.29 is 18.7 Å². The highest BCUT2D eigenvalue weighted by Gasteiger charge is 2.21. The maximum absolute atomic E-state index is 13.3. The van der Waals surface area contributed by atoms with E-state index in [9.17, 15) is 14.0 Å². The van der Waals surface area contributed by atoms with E-state index >= 15 is 0 Å². The first kappa shape index (κ1) is 21.5. The fraction of sp³-hybridized carbons (Fsp3) is 0.292. The van der Waals surface area contributed by atoms with Crippen molar-refractivity contribution in [3.05, 3.63) is 66.1 Å². The average molecular weight is 436 g/mol. The molecule has 0 unspecified atom stereocenters. The number of hydrogen-bond acceptors (Lipinski definition) is 4. The van der Waals surface area contributed by atoms with Crippen LogP contribution in [0.4, 0.5) is 4.39 Å². The summed E-state index contributed by atoms with van der Waals surface area (Å²) < 4.78 is 20.2. The number of rotatable bonds is 8. The Kier molecular flexibility index (Phi) is 6.49. The molecule has 1 N–H and O–H groups in total. The summed E-state index contributed by atoms with van der Waals surface area (Å²) in [6.45, 7) is 1.87. The highest BCUT2D eigenvalue weighted by Crippen LogP contribution is 2.27. The Hall–Kier alpha value is -3.68. The van der Waals surface area contributed by atoms with Crippen LogP contribution in [0.3, 0.4) is 0 Å². The Labute approximate surface area is 185 Å². The molecule has 0 aliphatic carbocycles. The van der Waals surface area contributed by atoms with E-state index in [1.54, 1.807) is 30.1 Å². The van der Waals surface area contributed by atoms with Crippen molar-refractivity contribution in [2.24, 2.45) is 0 Å². The van der Waals surface area contributed by atoms with Gasteiger partial charge in [0.15, 0.2) is 0 Å². The molecule has 0 bridgehead atoms. The first-order chi connectivity index (χ1) is 15.5. The summed E-state index contributed by atoms with van der Waals surface area (Å²) >= 11 is 0. The van der Waals surface area contributed by atoms with Crippen molar-refractivity contribution in [3.8, 4) is 22.7 Å². The molecule has 32 heavy (non-hydrogen) atoms. The average Bonchev–Trinajstić information content (AvgIpc) is 3.44. The van der Waals surface area contributed by atoms with Crippen LogP contribution in [0, 0.1) is 5.82 Å². The molecule has 2 aromatic carbocycles. The number of amides is 2. The molecule has 4 rings (SSSR count). The third-order valence-corrected chi connectivity index (χ3v) is 5.45. The molecular weight excluding hydrogens is 411 g/mol. The van der Waals surface area contributed by atoms with Crippen LogP contribution in [-0.2, 0) is 4.79 Å². The van der Waals surface area contributed by atoms with Gasteiger partial charge in [0.25, 0.3) is 5.91 Å². The number of carbonyl (C=O) groups excluding carboxylic acids is 2. The van der Waals surface area contributed by atoms with Crippen LogP contribution in [0.1, 0.15) is 29.6 Å². The van der Waals surface area contributed by atoms with Crippen molar-refractivity contribution in [3.63, 3.8) is 0 Å². The third-order valence-electron chi connectivity index (χ3n) is 5.45.